The highest BCUT2D eigenvalue weighted by Gasteiger charge is 2.69. The highest BCUT2D eigenvalue weighted by atomic mass is 35.5. The summed E-state index contributed by atoms with van der Waals surface area (Å²) in [6.07, 6.45) is 7.90. The fourth-order valence-corrected chi connectivity index (χ4v) is 20.1. The van der Waals surface area contributed by atoms with Crippen LogP contribution in [0, 0.1) is 23.2 Å². The number of rotatable bonds is 28. The molecule has 7 aliphatic rings. The summed E-state index contributed by atoms with van der Waals surface area (Å²) in [5.74, 6) is -2.08. The first-order valence-electron chi connectivity index (χ1n) is 36.1. The van der Waals surface area contributed by atoms with E-state index in [-0.39, 0.29) is 64.6 Å². The number of β-amino-alcohol motifs (C(OH)–C–C–N with tert-alkyl or cyclic N) is 1. The Morgan fingerprint density at radius 3 is 2.12 bits per heavy atom. The third-order valence-electron chi connectivity index (χ3n) is 21.6. The molecule has 5 aromatic rings. The van der Waals surface area contributed by atoms with Crippen LogP contribution in [-0.2, 0) is 39.0 Å². The quantitative estimate of drug-likeness (QED) is 0.0135. The molecule has 12 rings (SSSR count). The molecule has 3 aliphatic heterocycles. The number of piperazine rings is 2. The van der Waals surface area contributed by atoms with Gasteiger partial charge in [-0.1, -0.05) is 94.7 Å². The SMILES string of the molecule is Cc1ncsc1-c1ccc([C@H](C)NC(=O)[C@@H]2C[C@@H](O)CN2C(=O)[C@@H](NC(=O)CCCCCC(=O)N2CCN(CC[C@H](CSc3ccccc3)Nc3ccc(S(=O)(=O)NC(=O)c4ccc(N5CCN(CC6=C(C78CC(Cl)(C7)C8)CC(C)(C)CC6)CC5)cc4)cc3S(=O)(=O)C(F)(F)F)CC2)C(C)(C)C)cc1. The van der Waals surface area contributed by atoms with E-state index in [1.165, 1.54) is 28.8 Å². The van der Waals surface area contributed by atoms with Gasteiger partial charge in [-0.05, 0) is 154 Å². The van der Waals surface area contributed by atoms with Gasteiger partial charge < -0.3 is 35.8 Å². The maximum absolute atomic E-state index is 14.6. The van der Waals surface area contributed by atoms with Crippen LogP contribution in [0.15, 0.2) is 128 Å². The number of thioether (sulfide) groups is 1. The van der Waals surface area contributed by atoms with Crippen LogP contribution < -0.4 is 25.6 Å². The number of aromatic nitrogens is 1. The van der Waals surface area contributed by atoms with E-state index in [4.69, 9.17) is 11.6 Å². The molecule has 104 heavy (non-hydrogen) atoms. The molecule has 20 nitrogen and oxygen atoms in total. The number of unbranched alkanes of at least 4 members (excludes halogenated alkanes) is 2. The van der Waals surface area contributed by atoms with Crippen molar-refractivity contribution in [2.24, 2.45) is 16.2 Å². The lowest BCUT2D eigenvalue weighted by atomic mass is 9.39. The molecule has 4 heterocycles. The zero-order valence-electron chi connectivity index (χ0n) is 60.3. The average Bonchev–Trinajstić information content (AvgIpc) is 0.711. The first-order chi connectivity index (χ1) is 49.1. The number of aryl methyl sites for hydroxylation is 1. The van der Waals surface area contributed by atoms with Crippen molar-refractivity contribution in [1.29, 1.82) is 0 Å². The number of aliphatic hydroxyl groups is 1. The Bertz CT molecular complexity index is 4180. The Kier molecular flexibility index (Phi) is 24.2. The normalized spacial score (nSPS) is 22.6. The number of alkyl halides is 4. The third-order valence-corrected chi connectivity index (χ3v) is 27.0. The van der Waals surface area contributed by atoms with Gasteiger partial charge in [0.25, 0.3) is 25.8 Å². The molecular weight excluding hydrogens is 1430 g/mol. The van der Waals surface area contributed by atoms with Gasteiger partial charge in [0, 0.05) is 124 Å². The van der Waals surface area contributed by atoms with Crippen molar-refractivity contribution in [3.8, 4) is 10.4 Å². The topological polar surface area (TPSA) is 251 Å². The number of nitrogens with zero attached hydrogens (tertiary/aromatic N) is 6. The number of allylic oxidation sites excluding steroid dienone is 1. The van der Waals surface area contributed by atoms with Gasteiger partial charge in [-0.3, -0.25) is 33.8 Å². The number of halogens is 4. The molecule has 5 amide bonds. The minimum atomic E-state index is -6.18. The number of sulfone groups is 1. The lowest BCUT2D eigenvalue weighted by molar-refractivity contribution is -0.144. The van der Waals surface area contributed by atoms with Gasteiger partial charge in [0.15, 0.2) is 0 Å². The number of aliphatic hydroxyl groups excluding tert-OH is 1. The third kappa shape index (κ3) is 18.7. The monoisotopic (exact) mass is 1530 g/mol. The molecule has 0 radical (unpaired) electrons. The Labute approximate surface area is 623 Å². The molecule has 1 aromatic heterocycles. The van der Waals surface area contributed by atoms with Crippen LogP contribution in [-0.4, -0.2) is 188 Å². The number of carbonyl (C=O) groups excluding carboxylic acids is 5. The largest absolute Gasteiger partial charge is 0.501 e. The number of likely N-dealkylation sites (tertiary alicyclic amines) is 1. The summed E-state index contributed by atoms with van der Waals surface area (Å²) in [5, 5.41) is 19.7. The molecule has 4 aromatic carbocycles. The highest BCUT2D eigenvalue weighted by molar-refractivity contribution is 7.99. The molecule has 5 atom stereocenters. The number of sulfonamides is 1. The summed E-state index contributed by atoms with van der Waals surface area (Å²) in [6, 6.07) is 22.8. The predicted octanol–water partition coefficient (Wildman–Crippen LogP) is 11.7. The molecule has 5 N–H and O–H groups in total. The molecule has 0 spiro atoms. The second kappa shape index (κ2) is 32.1. The maximum atomic E-state index is 14.6. The van der Waals surface area contributed by atoms with E-state index in [1.54, 1.807) is 45.0 Å². The van der Waals surface area contributed by atoms with Gasteiger partial charge in [0.05, 0.1) is 38.8 Å². The van der Waals surface area contributed by atoms with E-state index in [1.807, 2.05) is 93.9 Å². The Hall–Kier alpha value is -6.59. The van der Waals surface area contributed by atoms with E-state index in [0.717, 1.165) is 116 Å². The molecule has 28 heteroatoms. The van der Waals surface area contributed by atoms with Crippen LogP contribution in [0.1, 0.15) is 153 Å². The van der Waals surface area contributed by atoms with Crippen LogP contribution in [0.2, 0.25) is 0 Å². The van der Waals surface area contributed by atoms with Crippen LogP contribution in [0.5, 0.6) is 0 Å². The van der Waals surface area contributed by atoms with E-state index in [0.29, 0.717) is 64.5 Å². The Balaban J connectivity index is 0.640. The van der Waals surface area contributed by atoms with Crippen molar-refractivity contribution in [3.63, 3.8) is 0 Å². The number of thiazole rings is 1. The second-order valence-electron chi connectivity index (χ2n) is 31.2. The van der Waals surface area contributed by atoms with Gasteiger partial charge in [-0.2, -0.15) is 13.2 Å². The number of amides is 5. The fourth-order valence-electron chi connectivity index (χ4n) is 15.5. The molecular formula is C76H98ClF3N10O10S4. The van der Waals surface area contributed by atoms with Crippen molar-refractivity contribution in [2.45, 2.75) is 187 Å². The minimum Gasteiger partial charge on any atom is -0.391 e. The van der Waals surface area contributed by atoms with Crippen molar-refractivity contribution in [2.75, 3.05) is 88.0 Å². The van der Waals surface area contributed by atoms with Gasteiger partial charge in [0.2, 0.25) is 23.6 Å². The zero-order valence-corrected chi connectivity index (χ0v) is 64.4. The highest BCUT2D eigenvalue weighted by Crippen LogP contribution is 2.75. The van der Waals surface area contributed by atoms with Crippen LogP contribution >= 0.6 is 34.7 Å². The Morgan fingerprint density at radius 2 is 1.48 bits per heavy atom. The molecule has 3 saturated carbocycles. The van der Waals surface area contributed by atoms with Gasteiger partial charge >= 0.3 is 5.51 Å². The fraction of sp³-hybridized carbons (Fsp3) is 0.553. The van der Waals surface area contributed by atoms with Crippen molar-refractivity contribution >= 4 is 95.5 Å². The predicted molar refractivity (Wildman–Crippen MR) is 401 cm³/mol. The first-order valence-corrected chi connectivity index (χ1v) is 41.3. The van der Waals surface area contributed by atoms with Crippen molar-refractivity contribution in [1.82, 2.24) is 39.9 Å². The van der Waals surface area contributed by atoms with Crippen molar-refractivity contribution in [3.05, 3.63) is 131 Å². The number of hydrogen-bond donors (Lipinski definition) is 5. The number of benzene rings is 4. The van der Waals surface area contributed by atoms with Crippen LogP contribution in [0.3, 0.4) is 0 Å². The van der Waals surface area contributed by atoms with Crippen LogP contribution in [0.25, 0.3) is 10.4 Å². The summed E-state index contributed by atoms with van der Waals surface area (Å²) in [6.45, 7) is 20.2. The molecule has 6 fully saturated rings. The standard InChI is InChI=1S/C76H98ClF3N10O10S4/c1-50(52-18-20-53(21-19-52)67-51(2)81-49-102-67)82-70(95)63-40-58(91)44-90(63)71(96)68(72(3,4)5)84-65(92)16-12-9-13-17-66(93)89-38-32-86(33-39-89)31-29-56(45-101-59-14-10-8-11-15-59)83-62-27-26-60(41-64(62)103(97,98)76(78,79)80)104(99,100)85-69(94)54-22-24-57(25-23-54)88-36-34-87(35-37-88)43-55-28-30-73(6,7)42-61(55)74-46-75(77,47-74)48-74/h8,10-11,14-15,18-27,41,49-50,56,58,63,68,83,91H,9,12-13,16-17,28-40,42-48H2,1-7H3,(H,82,95)(H,84,92)(H,85,94)/t50-,56+,58+,63-,68+,74?,75?/m0/s1. The summed E-state index contributed by atoms with van der Waals surface area (Å²) < 4.78 is 100. The van der Waals surface area contributed by atoms with Crippen molar-refractivity contribution < 1.29 is 59.1 Å². The maximum Gasteiger partial charge on any atom is 0.501 e. The summed E-state index contributed by atoms with van der Waals surface area (Å²) in [7, 11) is -11.1. The first kappa shape index (κ1) is 78.5. The van der Waals surface area contributed by atoms with Gasteiger partial charge in [-0.15, -0.1) is 34.7 Å². The molecule has 564 valence electrons. The molecule has 3 saturated heterocycles. The lowest BCUT2D eigenvalue weighted by Gasteiger charge is -2.70. The summed E-state index contributed by atoms with van der Waals surface area (Å²) >= 11 is 9.68. The van der Waals surface area contributed by atoms with E-state index in [9.17, 15) is 59.1 Å². The second-order valence-corrected chi connectivity index (χ2v) is 37.5. The van der Waals surface area contributed by atoms with E-state index in [2.05, 4.69) is 49.5 Å². The number of hydrogen-bond acceptors (Lipinski definition) is 17. The molecule has 4 aliphatic carbocycles. The number of anilines is 2. The summed E-state index contributed by atoms with van der Waals surface area (Å²) in [4.78, 5) is 82.7. The average molecular weight is 1530 g/mol. The van der Waals surface area contributed by atoms with Crippen LogP contribution in [0.4, 0.5) is 24.5 Å². The Morgan fingerprint density at radius 1 is 0.817 bits per heavy atom. The number of nitrogens with one attached hydrogen (secondary N) is 4. The molecule has 2 bridgehead atoms. The molecule has 0 unspecified atom stereocenters. The summed E-state index contributed by atoms with van der Waals surface area (Å²) in [5.41, 5.74) is 2.16. The zero-order chi connectivity index (χ0) is 74.7. The lowest BCUT2D eigenvalue weighted by Crippen LogP contribution is -2.65. The smallest absolute Gasteiger partial charge is 0.391 e. The van der Waals surface area contributed by atoms with E-state index < -0.39 is 94.3 Å². The van der Waals surface area contributed by atoms with Gasteiger partial charge in [0.1, 0.15) is 17.0 Å². The van der Waals surface area contributed by atoms with E-state index >= 15 is 0 Å². The minimum absolute atomic E-state index is 0.00556. The van der Waals surface area contributed by atoms with Gasteiger partial charge in [-0.25, -0.2) is 26.5 Å². The number of carbonyl (C=O) groups is 5.